The van der Waals surface area contributed by atoms with Gasteiger partial charge >= 0.3 is 0 Å². The van der Waals surface area contributed by atoms with Gasteiger partial charge in [0.2, 0.25) is 0 Å². The Labute approximate surface area is 106 Å². The quantitative estimate of drug-likeness (QED) is 0.741. The Morgan fingerprint density at radius 3 is 3.11 bits per heavy atom. The summed E-state index contributed by atoms with van der Waals surface area (Å²) in [6.45, 7) is 1.18. The van der Waals surface area contributed by atoms with Crippen molar-refractivity contribution in [3.8, 4) is 0 Å². The molecule has 2 fully saturated rings. The van der Waals surface area contributed by atoms with Crippen LogP contribution >= 0.6 is 0 Å². The maximum Gasteiger partial charge on any atom is 0.0654 e. The first kappa shape index (κ1) is 9.42. The van der Waals surface area contributed by atoms with Gasteiger partial charge in [-0.25, -0.2) is 0 Å². The third-order valence-electron chi connectivity index (χ3n) is 5.62. The second kappa shape index (κ2) is 3.08. The van der Waals surface area contributed by atoms with Crippen molar-refractivity contribution < 1.29 is 0 Å². The van der Waals surface area contributed by atoms with Crippen molar-refractivity contribution in [3.63, 3.8) is 0 Å². The summed E-state index contributed by atoms with van der Waals surface area (Å²) in [4.78, 5) is 0. The van der Waals surface area contributed by atoms with E-state index in [0.29, 0.717) is 0 Å². The normalized spacial score (nSPS) is 36.4. The topological polar surface area (TPSA) is 40.7 Å². The predicted octanol–water partition coefficient (Wildman–Crippen LogP) is 3.12. The molecular formula is C15H17N3. The van der Waals surface area contributed by atoms with E-state index in [2.05, 4.69) is 27.6 Å². The number of H-pyrrole nitrogens is 1. The highest BCUT2D eigenvalue weighted by atomic mass is 15.1. The van der Waals surface area contributed by atoms with Crippen molar-refractivity contribution in [1.82, 2.24) is 10.2 Å². The molecule has 4 atom stereocenters. The van der Waals surface area contributed by atoms with Crippen LogP contribution in [0.5, 0.6) is 0 Å². The Morgan fingerprint density at radius 2 is 2.11 bits per heavy atom. The van der Waals surface area contributed by atoms with Crippen LogP contribution in [-0.4, -0.2) is 16.7 Å². The fourth-order valence-electron chi connectivity index (χ4n) is 4.93. The molecule has 2 heterocycles. The van der Waals surface area contributed by atoms with Gasteiger partial charge in [0.1, 0.15) is 0 Å². The van der Waals surface area contributed by atoms with Gasteiger partial charge in [-0.1, -0.05) is 0 Å². The molecule has 3 heteroatoms. The molecule has 2 aliphatic carbocycles. The largest absolute Gasteiger partial charge is 0.384 e. The highest BCUT2D eigenvalue weighted by Crippen LogP contribution is 2.60. The highest BCUT2D eigenvalue weighted by Gasteiger charge is 2.50. The highest BCUT2D eigenvalue weighted by molar-refractivity contribution is 5.88. The lowest BCUT2D eigenvalue weighted by molar-refractivity contribution is 0.296. The van der Waals surface area contributed by atoms with Crippen molar-refractivity contribution in [1.29, 1.82) is 0 Å². The van der Waals surface area contributed by atoms with Gasteiger partial charge in [-0.05, 0) is 60.6 Å². The lowest BCUT2D eigenvalue weighted by atomic mass is 9.72. The number of nitrogens with one attached hydrogen (secondary N) is 2. The number of anilines is 1. The number of nitrogens with zero attached hydrogens (tertiary/aromatic N) is 1. The number of benzene rings is 1. The smallest absolute Gasteiger partial charge is 0.0654 e. The van der Waals surface area contributed by atoms with Crippen LogP contribution < -0.4 is 5.32 Å². The van der Waals surface area contributed by atoms with Gasteiger partial charge < -0.3 is 5.32 Å². The van der Waals surface area contributed by atoms with Crippen molar-refractivity contribution in [3.05, 3.63) is 23.9 Å². The second-order valence-corrected chi connectivity index (χ2v) is 6.26. The number of fused-ring (bicyclic) bond motifs is 9. The predicted molar refractivity (Wildman–Crippen MR) is 71.6 cm³/mol. The fourth-order valence-corrected chi connectivity index (χ4v) is 4.93. The van der Waals surface area contributed by atoms with Crippen molar-refractivity contribution >= 4 is 16.6 Å². The molecule has 2 saturated carbocycles. The van der Waals surface area contributed by atoms with Crippen molar-refractivity contribution in [2.24, 2.45) is 17.8 Å². The molecule has 3 aliphatic rings. The Bertz CT molecular complexity index is 630. The van der Waals surface area contributed by atoms with Gasteiger partial charge in [0.15, 0.2) is 0 Å². The molecule has 2 bridgehead atoms. The van der Waals surface area contributed by atoms with E-state index in [9.17, 15) is 0 Å². The van der Waals surface area contributed by atoms with E-state index in [4.69, 9.17) is 0 Å². The average molecular weight is 239 g/mol. The first-order chi connectivity index (χ1) is 8.92. The molecule has 0 spiro atoms. The van der Waals surface area contributed by atoms with Crippen molar-refractivity contribution in [2.45, 2.75) is 25.2 Å². The van der Waals surface area contributed by atoms with Crippen LogP contribution in [0.25, 0.3) is 10.9 Å². The zero-order chi connectivity index (χ0) is 11.7. The molecule has 2 N–H and O–H groups in total. The Morgan fingerprint density at radius 1 is 1.17 bits per heavy atom. The summed E-state index contributed by atoms with van der Waals surface area (Å²) in [7, 11) is 0. The summed E-state index contributed by atoms with van der Waals surface area (Å²) in [5.74, 6) is 3.57. The van der Waals surface area contributed by atoms with E-state index in [1.165, 1.54) is 42.4 Å². The summed E-state index contributed by atoms with van der Waals surface area (Å²) in [5.41, 5.74) is 4.11. The second-order valence-electron chi connectivity index (χ2n) is 6.26. The van der Waals surface area contributed by atoms with Crippen LogP contribution in [-0.2, 0) is 0 Å². The number of aromatic nitrogens is 2. The van der Waals surface area contributed by atoms with Gasteiger partial charge in [-0.15, -0.1) is 0 Å². The molecular weight excluding hydrogens is 222 g/mol. The monoisotopic (exact) mass is 239 g/mol. The van der Waals surface area contributed by atoms with Crippen LogP contribution in [0.2, 0.25) is 0 Å². The van der Waals surface area contributed by atoms with Gasteiger partial charge in [-0.2, -0.15) is 5.10 Å². The molecule has 5 rings (SSSR count). The molecule has 0 unspecified atom stereocenters. The maximum absolute atomic E-state index is 4.23. The van der Waals surface area contributed by atoms with Gasteiger partial charge in [0.25, 0.3) is 0 Å². The zero-order valence-electron chi connectivity index (χ0n) is 10.3. The number of rotatable bonds is 0. The molecule has 0 radical (unpaired) electrons. The molecule has 18 heavy (non-hydrogen) atoms. The molecule has 92 valence electrons. The molecule has 3 nitrogen and oxygen atoms in total. The maximum atomic E-state index is 4.23. The molecule has 1 aromatic heterocycles. The SMILES string of the molecule is c1cc2[nH]ncc2c2c1NC[C@@H]1[C@@H]3CC[C@H](C3)[C@H]21. The lowest BCUT2D eigenvalue weighted by Crippen LogP contribution is -2.32. The fraction of sp³-hybridized carbons (Fsp3) is 0.533. The molecule has 1 aromatic carbocycles. The van der Waals surface area contributed by atoms with Crippen LogP contribution in [0.1, 0.15) is 30.7 Å². The van der Waals surface area contributed by atoms with Crippen molar-refractivity contribution in [2.75, 3.05) is 11.9 Å². The summed E-state index contributed by atoms with van der Waals surface area (Å²) in [6.07, 6.45) is 6.39. The van der Waals surface area contributed by atoms with E-state index >= 15 is 0 Å². The van der Waals surface area contributed by atoms with E-state index in [0.717, 1.165) is 23.7 Å². The van der Waals surface area contributed by atoms with Gasteiger partial charge in [0.05, 0.1) is 11.7 Å². The van der Waals surface area contributed by atoms with Gasteiger partial charge in [-0.3, -0.25) is 5.10 Å². The standard InChI is InChI=1S/C15H17N3/c1-2-9-5-8(1)10-6-16-13-4-3-12-11(7-17-18-12)15(13)14(9)10/h3-4,7-10,14,16H,1-2,5-6H2,(H,17,18)/t8-,9-,10-,14+/m1/s1. The Hall–Kier alpha value is -1.51. The van der Waals surface area contributed by atoms with E-state index in [1.807, 2.05) is 6.20 Å². The molecule has 0 saturated heterocycles. The molecule has 1 aliphatic heterocycles. The number of hydrogen-bond donors (Lipinski definition) is 2. The number of aromatic amines is 1. The minimum Gasteiger partial charge on any atom is -0.384 e. The number of hydrogen-bond acceptors (Lipinski definition) is 2. The Kier molecular flexibility index (Phi) is 1.61. The first-order valence-corrected chi connectivity index (χ1v) is 7.11. The minimum atomic E-state index is 0.793. The Balaban J connectivity index is 1.79. The van der Waals surface area contributed by atoms with E-state index < -0.39 is 0 Å². The summed E-state index contributed by atoms with van der Waals surface area (Å²) in [6, 6.07) is 4.39. The van der Waals surface area contributed by atoms with E-state index in [-0.39, 0.29) is 0 Å². The summed E-state index contributed by atoms with van der Waals surface area (Å²) >= 11 is 0. The van der Waals surface area contributed by atoms with Crippen LogP contribution in [0.3, 0.4) is 0 Å². The summed E-state index contributed by atoms with van der Waals surface area (Å²) < 4.78 is 0. The first-order valence-electron chi connectivity index (χ1n) is 7.11. The van der Waals surface area contributed by atoms with Crippen LogP contribution in [0, 0.1) is 17.8 Å². The molecule has 0 amide bonds. The third kappa shape index (κ3) is 0.995. The average Bonchev–Trinajstić information content (AvgIpc) is 3.13. The van der Waals surface area contributed by atoms with Crippen LogP contribution in [0.4, 0.5) is 5.69 Å². The third-order valence-corrected chi connectivity index (χ3v) is 5.62. The van der Waals surface area contributed by atoms with E-state index in [1.54, 1.807) is 5.56 Å². The van der Waals surface area contributed by atoms with Crippen LogP contribution in [0.15, 0.2) is 18.3 Å². The summed E-state index contributed by atoms with van der Waals surface area (Å²) in [5, 5.41) is 12.4. The lowest BCUT2D eigenvalue weighted by Gasteiger charge is -2.37. The minimum absolute atomic E-state index is 0.793. The zero-order valence-corrected chi connectivity index (χ0v) is 10.3. The molecule has 2 aromatic rings. The van der Waals surface area contributed by atoms with Gasteiger partial charge in [0, 0.05) is 17.6 Å².